The highest BCUT2D eigenvalue weighted by molar-refractivity contribution is 6.42. The number of carbonyl (C=O) groups excluding carboxylic acids is 3. The average Bonchev–Trinajstić information content (AvgIpc) is 2.68. The van der Waals surface area contributed by atoms with Crippen LogP contribution in [0.3, 0.4) is 0 Å². The summed E-state index contributed by atoms with van der Waals surface area (Å²) in [5, 5.41) is 2.96. The highest BCUT2D eigenvalue weighted by atomic mass is 35.5. The summed E-state index contributed by atoms with van der Waals surface area (Å²) in [4.78, 5) is 37.5. The normalized spacial score (nSPS) is 10.2. The van der Waals surface area contributed by atoms with Crippen LogP contribution in [0.2, 0.25) is 10.0 Å². The molecule has 0 spiro atoms. The van der Waals surface area contributed by atoms with Crippen LogP contribution in [-0.2, 0) is 14.3 Å². The summed E-state index contributed by atoms with van der Waals surface area (Å²) in [5.74, 6) is -1.58. The molecule has 0 saturated heterocycles. The van der Waals surface area contributed by atoms with Crippen LogP contribution < -0.4 is 10.2 Å². The van der Waals surface area contributed by atoms with Gasteiger partial charge in [-0.1, -0.05) is 41.4 Å². The SMILES string of the molecule is CCN(C(=O)COC(=O)CNC(=O)c1ccc(Cl)c(Cl)c1)c1ccccc1. The van der Waals surface area contributed by atoms with E-state index < -0.39 is 18.5 Å². The molecular formula is C19H18Cl2N2O4. The predicted molar refractivity (Wildman–Crippen MR) is 104 cm³/mol. The topological polar surface area (TPSA) is 75.7 Å². The first-order chi connectivity index (χ1) is 12.9. The number of rotatable bonds is 7. The number of benzene rings is 2. The lowest BCUT2D eigenvalue weighted by Gasteiger charge is -2.20. The van der Waals surface area contributed by atoms with Crippen molar-refractivity contribution < 1.29 is 19.1 Å². The molecule has 2 amide bonds. The van der Waals surface area contributed by atoms with Gasteiger partial charge in [0.25, 0.3) is 11.8 Å². The van der Waals surface area contributed by atoms with Crippen molar-refractivity contribution in [1.29, 1.82) is 0 Å². The Kier molecular flexibility index (Phi) is 7.64. The molecule has 27 heavy (non-hydrogen) atoms. The van der Waals surface area contributed by atoms with E-state index in [4.69, 9.17) is 27.9 Å². The first-order valence-corrected chi connectivity index (χ1v) is 8.92. The highest BCUT2D eigenvalue weighted by Crippen LogP contribution is 2.22. The minimum atomic E-state index is -0.721. The number of carbonyl (C=O) groups is 3. The lowest BCUT2D eigenvalue weighted by atomic mass is 10.2. The minimum absolute atomic E-state index is 0.234. The molecule has 1 N–H and O–H groups in total. The van der Waals surface area contributed by atoms with E-state index >= 15 is 0 Å². The molecule has 0 radical (unpaired) electrons. The summed E-state index contributed by atoms with van der Waals surface area (Å²) in [6, 6.07) is 13.4. The number of ether oxygens (including phenoxy) is 1. The van der Waals surface area contributed by atoms with Crippen molar-refractivity contribution in [3.8, 4) is 0 Å². The van der Waals surface area contributed by atoms with Crippen molar-refractivity contribution in [2.45, 2.75) is 6.92 Å². The van der Waals surface area contributed by atoms with Gasteiger partial charge in [-0.15, -0.1) is 0 Å². The fraction of sp³-hybridized carbons (Fsp3) is 0.211. The molecule has 2 aromatic rings. The summed E-state index contributed by atoms with van der Waals surface area (Å²) in [5.41, 5.74) is 0.975. The number of hydrogen-bond donors (Lipinski definition) is 1. The van der Waals surface area contributed by atoms with Crippen LogP contribution in [0.1, 0.15) is 17.3 Å². The van der Waals surface area contributed by atoms with E-state index in [1.165, 1.54) is 23.1 Å². The third kappa shape index (κ3) is 5.98. The number of para-hydroxylation sites is 1. The van der Waals surface area contributed by atoms with Gasteiger partial charge in [0.1, 0.15) is 6.54 Å². The Balaban J connectivity index is 1.82. The molecule has 0 saturated carbocycles. The van der Waals surface area contributed by atoms with Crippen molar-refractivity contribution in [1.82, 2.24) is 5.32 Å². The zero-order chi connectivity index (χ0) is 19.8. The van der Waals surface area contributed by atoms with E-state index in [0.29, 0.717) is 17.3 Å². The van der Waals surface area contributed by atoms with Crippen LogP contribution in [0.4, 0.5) is 5.69 Å². The van der Waals surface area contributed by atoms with Gasteiger partial charge in [-0.05, 0) is 37.3 Å². The standard InChI is InChI=1S/C19H18Cl2N2O4/c1-2-23(14-6-4-3-5-7-14)17(24)12-27-18(25)11-22-19(26)13-8-9-15(20)16(21)10-13/h3-10H,2,11-12H2,1H3,(H,22,26). The molecule has 0 aromatic heterocycles. The van der Waals surface area contributed by atoms with Gasteiger partial charge in [-0.25, -0.2) is 0 Å². The molecular weight excluding hydrogens is 391 g/mol. The average molecular weight is 409 g/mol. The van der Waals surface area contributed by atoms with E-state index in [1.807, 2.05) is 25.1 Å². The van der Waals surface area contributed by atoms with Gasteiger partial charge >= 0.3 is 5.97 Å². The van der Waals surface area contributed by atoms with Gasteiger partial charge in [0.05, 0.1) is 10.0 Å². The fourth-order valence-corrected chi connectivity index (χ4v) is 2.57. The van der Waals surface area contributed by atoms with Crippen molar-refractivity contribution in [2.24, 2.45) is 0 Å². The Bertz CT molecular complexity index is 828. The first kappa shape index (κ1) is 20.7. The monoisotopic (exact) mass is 408 g/mol. The molecule has 6 nitrogen and oxygen atoms in total. The quantitative estimate of drug-likeness (QED) is 0.712. The molecule has 0 bridgehead atoms. The minimum Gasteiger partial charge on any atom is -0.454 e. The number of anilines is 1. The Labute approximate surface area is 167 Å². The van der Waals surface area contributed by atoms with Gasteiger partial charge in [0, 0.05) is 17.8 Å². The second-order valence-corrected chi connectivity index (χ2v) is 6.26. The summed E-state index contributed by atoms with van der Waals surface area (Å²) in [6.07, 6.45) is 0. The number of likely N-dealkylation sites (N-methyl/N-ethyl adjacent to an activating group) is 1. The van der Waals surface area contributed by atoms with Crippen LogP contribution >= 0.6 is 23.2 Å². The maximum absolute atomic E-state index is 12.2. The number of esters is 1. The summed E-state index contributed by atoms with van der Waals surface area (Å²) >= 11 is 11.6. The lowest BCUT2D eigenvalue weighted by molar-refractivity contribution is -0.146. The largest absolute Gasteiger partial charge is 0.454 e. The number of hydrogen-bond acceptors (Lipinski definition) is 4. The summed E-state index contributed by atoms with van der Waals surface area (Å²) in [6.45, 7) is 1.48. The molecule has 0 aliphatic heterocycles. The zero-order valence-corrected chi connectivity index (χ0v) is 16.1. The Morgan fingerprint density at radius 2 is 1.74 bits per heavy atom. The summed E-state index contributed by atoms with van der Waals surface area (Å²) in [7, 11) is 0. The van der Waals surface area contributed by atoms with Gasteiger partial charge in [0.2, 0.25) is 0 Å². The second kappa shape index (κ2) is 9.94. The summed E-state index contributed by atoms with van der Waals surface area (Å²) < 4.78 is 4.95. The molecule has 2 rings (SSSR count). The Morgan fingerprint density at radius 1 is 1.04 bits per heavy atom. The molecule has 2 aromatic carbocycles. The number of nitrogens with one attached hydrogen (secondary N) is 1. The molecule has 0 atom stereocenters. The van der Waals surface area contributed by atoms with Crippen LogP contribution in [0.25, 0.3) is 0 Å². The maximum atomic E-state index is 12.2. The number of amides is 2. The molecule has 0 aliphatic rings. The van der Waals surface area contributed by atoms with E-state index in [1.54, 1.807) is 12.1 Å². The van der Waals surface area contributed by atoms with E-state index in [-0.39, 0.29) is 23.0 Å². The van der Waals surface area contributed by atoms with Crippen molar-refractivity contribution in [3.63, 3.8) is 0 Å². The highest BCUT2D eigenvalue weighted by Gasteiger charge is 2.16. The van der Waals surface area contributed by atoms with Crippen LogP contribution in [0.15, 0.2) is 48.5 Å². The predicted octanol–water partition coefficient (Wildman–Crippen LogP) is 3.32. The van der Waals surface area contributed by atoms with Crippen molar-refractivity contribution >= 4 is 46.7 Å². The van der Waals surface area contributed by atoms with Crippen LogP contribution in [0.5, 0.6) is 0 Å². The molecule has 142 valence electrons. The van der Waals surface area contributed by atoms with Crippen molar-refractivity contribution in [2.75, 3.05) is 24.6 Å². The number of nitrogens with zero attached hydrogens (tertiary/aromatic N) is 1. The first-order valence-electron chi connectivity index (χ1n) is 8.16. The van der Waals surface area contributed by atoms with Crippen molar-refractivity contribution in [3.05, 3.63) is 64.1 Å². The van der Waals surface area contributed by atoms with Gasteiger partial charge < -0.3 is 15.0 Å². The van der Waals surface area contributed by atoms with Gasteiger partial charge in [-0.3, -0.25) is 14.4 Å². The maximum Gasteiger partial charge on any atom is 0.325 e. The molecule has 0 fully saturated rings. The molecule has 0 aliphatic carbocycles. The van der Waals surface area contributed by atoms with E-state index in [2.05, 4.69) is 5.32 Å². The third-order valence-corrected chi connectivity index (χ3v) is 4.36. The second-order valence-electron chi connectivity index (χ2n) is 5.45. The van der Waals surface area contributed by atoms with Gasteiger partial charge in [0.15, 0.2) is 6.61 Å². The number of halogens is 2. The molecule has 0 heterocycles. The smallest absolute Gasteiger partial charge is 0.325 e. The zero-order valence-electron chi connectivity index (χ0n) is 14.6. The Hall–Kier alpha value is -2.57. The Morgan fingerprint density at radius 3 is 2.37 bits per heavy atom. The third-order valence-electron chi connectivity index (χ3n) is 3.62. The van der Waals surface area contributed by atoms with E-state index in [0.717, 1.165) is 0 Å². The fourth-order valence-electron chi connectivity index (χ4n) is 2.27. The van der Waals surface area contributed by atoms with Gasteiger partial charge in [-0.2, -0.15) is 0 Å². The van der Waals surface area contributed by atoms with E-state index in [9.17, 15) is 14.4 Å². The van der Waals surface area contributed by atoms with Crippen LogP contribution in [-0.4, -0.2) is 37.5 Å². The molecule has 8 heteroatoms. The lowest BCUT2D eigenvalue weighted by Crippen LogP contribution is -2.36. The molecule has 0 unspecified atom stereocenters. The van der Waals surface area contributed by atoms with Crippen LogP contribution in [0, 0.1) is 0 Å².